The minimum Gasteiger partial charge on any atom is -0.465 e. The third-order valence-electron chi connectivity index (χ3n) is 7.37. The molecule has 0 aliphatic carbocycles. The third-order valence-corrected chi connectivity index (χ3v) is 11.9. The van der Waals surface area contributed by atoms with Gasteiger partial charge in [-0.05, 0) is 43.6 Å². The Bertz CT molecular complexity index is 1680. The molecule has 3 aromatic rings. The molecule has 1 fully saturated rings. The molecule has 1 unspecified atom stereocenters. The minimum absolute atomic E-state index is 0.0375. The number of fused-ring (bicyclic) bond motifs is 2. The second-order valence-electron chi connectivity index (χ2n) is 10.4. The Balaban J connectivity index is 1.38. The van der Waals surface area contributed by atoms with Crippen molar-refractivity contribution in [2.75, 3.05) is 46.4 Å². The quantitative estimate of drug-likeness (QED) is 0.175. The number of nitrogens with zero attached hydrogens (tertiary/aromatic N) is 4. The summed E-state index contributed by atoms with van der Waals surface area (Å²) in [5.41, 5.74) is 6.99. The molecule has 2 aliphatic rings. The second kappa shape index (κ2) is 12.7. The fraction of sp³-hybridized carbons (Fsp3) is 0.444. The summed E-state index contributed by atoms with van der Waals surface area (Å²) < 4.78 is 34.6. The Labute approximate surface area is 257 Å². The summed E-state index contributed by atoms with van der Waals surface area (Å²) in [7, 11) is -1.97. The number of amides is 2. The van der Waals surface area contributed by atoms with Crippen molar-refractivity contribution in [2.45, 2.75) is 36.6 Å². The van der Waals surface area contributed by atoms with Gasteiger partial charge in [0.1, 0.15) is 16.6 Å². The fourth-order valence-corrected chi connectivity index (χ4v) is 9.28. The Morgan fingerprint density at radius 1 is 1.19 bits per heavy atom. The van der Waals surface area contributed by atoms with E-state index in [1.165, 1.54) is 20.5 Å². The normalized spacial score (nSPS) is 17.9. The summed E-state index contributed by atoms with van der Waals surface area (Å²) in [6, 6.07) is 5.83. The molecule has 2 aromatic heterocycles. The number of aromatic nitrogens is 1. The topological polar surface area (TPSA) is 179 Å². The summed E-state index contributed by atoms with van der Waals surface area (Å²) in [5, 5.41) is 11.2. The van der Waals surface area contributed by atoms with Gasteiger partial charge in [0.15, 0.2) is 5.01 Å². The lowest BCUT2D eigenvalue weighted by Crippen LogP contribution is -2.57. The summed E-state index contributed by atoms with van der Waals surface area (Å²) in [4.78, 5) is 47.7. The van der Waals surface area contributed by atoms with E-state index >= 15 is 0 Å². The number of benzene rings is 1. The number of amidine groups is 1. The molecular weight excluding hydrogens is 615 g/mol. The van der Waals surface area contributed by atoms with Crippen LogP contribution in [0.1, 0.15) is 39.3 Å². The number of carbonyl (C=O) groups excluding carboxylic acids is 3. The summed E-state index contributed by atoms with van der Waals surface area (Å²) in [6.07, 6.45) is 0.532. The number of esters is 1. The van der Waals surface area contributed by atoms with Gasteiger partial charge in [0.05, 0.1) is 18.3 Å². The van der Waals surface area contributed by atoms with E-state index in [4.69, 9.17) is 15.9 Å². The van der Waals surface area contributed by atoms with Crippen LogP contribution in [0, 0.1) is 5.41 Å². The number of nitrogens with two attached hydrogens (primary N) is 1. The second-order valence-corrected chi connectivity index (χ2v) is 14.7. The first-order valence-corrected chi connectivity index (χ1v) is 16.8. The van der Waals surface area contributed by atoms with Crippen molar-refractivity contribution < 1.29 is 27.5 Å². The number of carbonyl (C=O) groups is 3. The van der Waals surface area contributed by atoms with E-state index in [0.717, 1.165) is 39.6 Å². The highest BCUT2D eigenvalue weighted by Crippen LogP contribution is 2.33. The highest BCUT2D eigenvalue weighted by Gasteiger charge is 2.39. The van der Waals surface area contributed by atoms with Crippen LogP contribution in [-0.2, 0) is 37.3 Å². The van der Waals surface area contributed by atoms with Gasteiger partial charge >= 0.3 is 5.97 Å². The van der Waals surface area contributed by atoms with E-state index in [1.54, 1.807) is 31.2 Å². The van der Waals surface area contributed by atoms with Crippen LogP contribution in [0.2, 0.25) is 0 Å². The summed E-state index contributed by atoms with van der Waals surface area (Å²) >= 11 is 2.43. The van der Waals surface area contributed by atoms with E-state index in [1.807, 2.05) is 7.05 Å². The van der Waals surface area contributed by atoms with E-state index in [2.05, 4.69) is 15.2 Å². The number of piperazine rings is 1. The van der Waals surface area contributed by atoms with Crippen molar-refractivity contribution in [2.24, 2.45) is 5.73 Å². The predicted molar refractivity (Wildman–Crippen MR) is 163 cm³/mol. The smallest absolute Gasteiger partial charge is 0.325 e. The van der Waals surface area contributed by atoms with Gasteiger partial charge in [0, 0.05) is 60.7 Å². The van der Waals surface area contributed by atoms with Gasteiger partial charge in [-0.25, -0.2) is 13.4 Å². The van der Waals surface area contributed by atoms with Crippen LogP contribution >= 0.6 is 22.7 Å². The number of hydrogen-bond acceptors (Lipinski definition) is 11. The highest BCUT2D eigenvalue weighted by atomic mass is 32.2. The van der Waals surface area contributed by atoms with Crippen LogP contribution in [0.25, 0.3) is 10.1 Å². The van der Waals surface area contributed by atoms with Crippen molar-refractivity contribution in [1.29, 1.82) is 5.41 Å². The van der Waals surface area contributed by atoms with Crippen LogP contribution in [0.5, 0.6) is 0 Å². The van der Waals surface area contributed by atoms with Gasteiger partial charge < -0.3 is 25.6 Å². The van der Waals surface area contributed by atoms with Crippen molar-refractivity contribution in [1.82, 2.24) is 24.4 Å². The van der Waals surface area contributed by atoms with E-state index in [9.17, 15) is 22.8 Å². The lowest BCUT2D eigenvalue weighted by molar-refractivity contribution is -0.143. The fourth-order valence-electron chi connectivity index (χ4n) is 5.13. The number of hydrogen-bond donors (Lipinski definition) is 3. The van der Waals surface area contributed by atoms with E-state index < -0.39 is 27.9 Å². The SMILES string of the molecule is CCOC(=O)CNC(=O)CC1CN(S(=O)(=O)c2cc3cc(C(=N)N)ccc3s2)CCN1C(=O)c1nc2c(s1)CN(C)CC2. The number of ether oxygens (including phenoxy) is 1. The molecule has 0 bridgehead atoms. The zero-order valence-electron chi connectivity index (χ0n) is 23.8. The molecule has 16 heteroatoms. The molecule has 230 valence electrons. The molecule has 0 saturated carbocycles. The maximum Gasteiger partial charge on any atom is 0.325 e. The number of thiophene rings is 1. The molecule has 2 amide bonds. The molecular formula is C27H33N7O6S3. The first-order chi connectivity index (χ1) is 20.5. The van der Waals surface area contributed by atoms with Gasteiger partial charge in [0.2, 0.25) is 5.91 Å². The van der Waals surface area contributed by atoms with E-state index in [-0.39, 0.29) is 55.2 Å². The van der Waals surface area contributed by atoms with Crippen LogP contribution in [0.3, 0.4) is 0 Å². The number of rotatable bonds is 9. The van der Waals surface area contributed by atoms with Crippen LogP contribution in [-0.4, -0.2) is 104 Å². The molecule has 4 N–H and O–H groups in total. The zero-order chi connectivity index (χ0) is 30.9. The largest absolute Gasteiger partial charge is 0.465 e. The van der Waals surface area contributed by atoms with Gasteiger partial charge in [0.25, 0.3) is 15.9 Å². The monoisotopic (exact) mass is 647 g/mol. The molecule has 4 heterocycles. The Kier molecular flexibility index (Phi) is 9.12. The molecule has 1 saturated heterocycles. The van der Waals surface area contributed by atoms with Crippen molar-refractivity contribution in [3.05, 3.63) is 45.4 Å². The molecule has 2 aliphatic heterocycles. The molecule has 0 spiro atoms. The highest BCUT2D eigenvalue weighted by molar-refractivity contribution is 7.91. The van der Waals surface area contributed by atoms with Crippen molar-refractivity contribution in [3.8, 4) is 0 Å². The molecule has 13 nitrogen and oxygen atoms in total. The Hall–Kier alpha value is -3.44. The predicted octanol–water partition coefficient (Wildman–Crippen LogP) is 1.21. The van der Waals surface area contributed by atoms with Crippen LogP contribution < -0.4 is 11.1 Å². The maximum absolute atomic E-state index is 13.8. The molecule has 1 aromatic carbocycles. The van der Waals surface area contributed by atoms with Gasteiger partial charge in [-0.3, -0.25) is 19.8 Å². The standard InChI is InChI=1S/C27H33N7O6S3/c1-3-40-23(36)13-30-22(35)12-18-14-33(43(38,39)24-11-17-10-16(25(28)29)4-5-20(17)41-24)8-9-34(18)27(37)26-31-19-6-7-32(2)15-21(19)42-26/h4-5,10-11,18H,3,6-9,12-15H2,1-2H3,(H3,28,29)(H,30,35). The molecule has 5 rings (SSSR count). The number of nitrogens with one attached hydrogen (secondary N) is 2. The number of sulfonamides is 1. The summed E-state index contributed by atoms with van der Waals surface area (Å²) in [5.74, 6) is -1.56. The average Bonchev–Trinajstić information content (AvgIpc) is 3.60. The Morgan fingerprint density at radius 2 is 1.98 bits per heavy atom. The maximum atomic E-state index is 13.8. The zero-order valence-corrected chi connectivity index (χ0v) is 26.2. The lowest BCUT2D eigenvalue weighted by Gasteiger charge is -2.40. The third kappa shape index (κ3) is 6.72. The van der Waals surface area contributed by atoms with Crippen LogP contribution in [0.4, 0.5) is 0 Å². The molecule has 43 heavy (non-hydrogen) atoms. The Morgan fingerprint density at radius 3 is 2.72 bits per heavy atom. The molecule has 0 radical (unpaired) electrons. The lowest BCUT2D eigenvalue weighted by atomic mass is 10.1. The number of nitrogen functional groups attached to an aromatic ring is 1. The van der Waals surface area contributed by atoms with Gasteiger partial charge in [-0.15, -0.1) is 22.7 Å². The van der Waals surface area contributed by atoms with Gasteiger partial charge in [-0.1, -0.05) is 0 Å². The van der Waals surface area contributed by atoms with Crippen molar-refractivity contribution >= 4 is 66.4 Å². The number of thiazole rings is 1. The van der Waals surface area contributed by atoms with Gasteiger partial charge in [-0.2, -0.15) is 4.31 Å². The van der Waals surface area contributed by atoms with Crippen molar-refractivity contribution in [3.63, 3.8) is 0 Å². The first-order valence-electron chi connectivity index (χ1n) is 13.7. The van der Waals surface area contributed by atoms with E-state index in [0.29, 0.717) is 22.5 Å². The summed E-state index contributed by atoms with van der Waals surface area (Å²) in [6.45, 7) is 3.05. The molecule has 1 atom stereocenters. The average molecular weight is 648 g/mol. The number of likely N-dealkylation sites (N-methyl/N-ethyl adjacent to an activating group) is 1. The minimum atomic E-state index is -3.98. The van der Waals surface area contributed by atoms with Crippen LogP contribution in [0.15, 0.2) is 28.5 Å². The first kappa shape index (κ1) is 31.0.